The fourth-order valence-corrected chi connectivity index (χ4v) is 2.80. The van der Waals surface area contributed by atoms with Crippen LogP contribution in [-0.2, 0) is 6.61 Å². The van der Waals surface area contributed by atoms with Crippen molar-refractivity contribution >= 4 is 23.2 Å². The third-order valence-electron chi connectivity index (χ3n) is 3.52. The summed E-state index contributed by atoms with van der Waals surface area (Å²) in [6.07, 6.45) is -0.695. The zero-order valence-corrected chi connectivity index (χ0v) is 13.8. The van der Waals surface area contributed by atoms with Gasteiger partial charge in [-0.05, 0) is 41.8 Å². The van der Waals surface area contributed by atoms with Crippen LogP contribution in [0.15, 0.2) is 42.5 Å². The van der Waals surface area contributed by atoms with Gasteiger partial charge in [-0.2, -0.15) is 0 Å². The molecule has 2 unspecified atom stereocenters. The normalized spacial score (nSPS) is 13.9. The average molecular weight is 340 g/mol. The summed E-state index contributed by atoms with van der Waals surface area (Å²) in [7, 11) is 0. The fourth-order valence-electron chi connectivity index (χ4n) is 2.25. The van der Waals surface area contributed by atoms with Crippen molar-refractivity contribution in [1.29, 1.82) is 0 Å². The van der Waals surface area contributed by atoms with E-state index in [2.05, 4.69) is 5.32 Å². The Balaban J connectivity index is 1.99. The Bertz CT molecular complexity index is 614. The van der Waals surface area contributed by atoms with Crippen LogP contribution in [0.2, 0.25) is 10.0 Å². The van der Waals surface area contributed by atoms with E-state index in [-0.39, 0.29) is 12.6 Å². The van der Waals surface area contributed by atoms with Crippen molar-refractivity contribution in [1.82, 2.24) is 5.32 Å². The number of aliphatic hydroxyl groups is 2. The van der Waals surface area contributed by atoms with E-state index in [1.165, 1.54) is 0 Å². The molecular formula is C17H19Cl2NO2. The molecule has 2 rings (SSSR count). The first kappa shape index (κ1) is 17.3. The molecule has 2 aromatic carbocycles. The van der Waals surface area contributed by atoms with Gasteiger partial charge in [0.05, 0.1) is 12.7 Å². The first-order valence-electron chi connectivity index (χ1n) is 7.06. The summed E-state index contributed by atoms with van der Waals surface area (Å²) >= 11 is 11.9. The molecule has 3 nitrogen and oxygen atoms in total. The Hall–Kier alpha value is -1.10. The van der Waals surface area contributed by atoms with Crippen LogP contribution in [0.4, 0.5) is 0 Å². The first-order chi connectivity index (χ1) is 10.5. The second kappa shape index (κ2) is 7.95. The first-order valence-corrected chi connectivity index (χ1v) is 7.82. The number of hydrogen-bond acceptors (Lipinski definition) is 3. The van der Waals surface area contributed by atoms with Crippen molar-refractivity contribution in [2.45, 2.75) is 25.7 Å². The highest BCUT2D eigenvalue weighted by molar-refractivity contribution is 6.34. The maximum atomic E-state index is 10.2. The van der Waals surface area contributed by atoms with Crippen LogP contribution in [0, 0.1) is 0 Å². The lowest BCUT2D eigenvalue weighted by Crippen LogP contribution is -2.24. The predicted octanol–water partition coefficient (Wildman–Crippen LogP) is 3.87. The number of nitrogens with one attached hydrogen (secondary N) is 1. The minimum Gasteiger partial charge on any atom is -0.392 e. The number of rotatable bonds is 6. The molecule has 0 amide bonds. The minimum absolute atomic E-state index is 0.0181. The van der Waals surface area contributed by atoms with E-state index in [0.29, 0.717) is 22.2 Å². The summed E-state index contributed by atoms with van der Waals surface area (Å²) in [5, 5.41) is 23.7. The van der Waals surface area contributed by atoms with Gasteiger partial charge in [0, 0.05) is 22.6 Å². The van der Waals surface area contributed by atoms with E-state index in [1.54, 1.807) is 18.2 Å². The van der Waals surface area contributed by atoms with Crippen molar-refractivity contribution in [2.24, 2.45) is 0 Å². The molecule has 0 radical (unpaired) electrons. The van der Waals surface area contributed by atoms with Crippen molar-refractivity contribution in [3.8, 4) is 0 Å². The van der Waals surface area contributed by atoms with Crippen molar-refractivity contribution in [3.63, 3.8) is 0 Å². The van der Waals surface area contributed by atoms with Gasteiger partial charge in [0.25, 0.3) is 0 Å². The third kappa shape index (κ3) is 4.70. The molecule has 0 fully saturated rings. The lowest BCUT2D eigenvalue weighted by molar-refractivity contribution is 0.171. The second-order valence-corrected chi connectivity index (χ2v) is 6.12. The average Bonchev–Trinajstić information content (AvgIpc) is 2.51. The van der Waals surface area contributed by atoms with Crippen LogP contribution in [0.5, 0.6) is 0 Å². The van der Waals surface area contributed by atoms with E-state index in [0.717, 1.165) is 11.1 Å². The Morgan fingerprint density at radius 1 is 1.05 bits per heavy atom. The number of aliphatic hydroxyl groups excluding tert-OH is 2. The van der Waals surface area contributed by atoms with Gasteiger partial charge in [0.2, 0.25) is 0 Å². The molecule has 0 bridgehead atoms. The maximum absolute atomic E-state index is 10.2. The Labute approximate surface area is 140 Å². The molecule has 0 aromatic heterocycles. The number of halogens is 2. The van der Waals surface area contributed by atoms with Gasteiger partial charge < -0.3 is 15.5 Å². The quantitative estimate of drug-likeness (QED) is 0.748. The van der Waals surface area contributed by atoms with Gasteiger partial charge in [-0.25, -0.2) is 0 Å². The number of hydrogen-bond donors (Lipinski definition) is 3. The van der Waals surface area contributed by atoms with Crippen LogP contribution < -0.4 is 5.32 Å². The summed E-state index contributed by atoms with van der Waals surface area (Å²) in [5.41, 5.74) is 2.61. The molecule has 3 N–H and O–H groups in total. The summed E-state index contributed by atoms with van der Waals surface area (Å²) < 4.78 is 0. The zero-order chi connectivity index (χ0) is 16.1. The molecule has 22 heavy (non-hydrogen) atoms. The lowest BCUT2D eigenvalue weighted by atomic mass is 10.0. The Morgan fingerprint density at radius 3 is 2.36 bits per heavy atom. The molecule has 2 atom stereocenters. The molecule has 0 saturated heterocycles. The van der Waals surface area contributed by atoms with E-state index < -0.39 is 6.10 Å². The smallest absolute Gasteiger partial charge is 0.0915 e. The highest BCUT2D eigenvalue weighted by atomic mass is 35.5. The monoisotopic (exact) mass is 339 g/mol. The molecule has 0 heterocycles. The van der Waals surface area contributed by atoms with Crippen LogP contribution in [-0.4, -0.2) is 16.8 Å². The van der Waals surface area contributed by atoms with Gasteiger partial charge in [-0.3, -0.25) is 0 Å². The summed E-state index contributed by atoms with van der Waals surface area (Å²) in [6.45, 7) is 2.40. The van der Waals surface area contributed by atoms with Gasteiger partial charge >= 0.3 is 0 Å². The summed E-state index contributed by atoms with van der Waals surface area (Å²) in [4.78, 5) is 0. The molecule has 0 spiro atoms. The predicted molar refractivity (Wildman–Crippen MR) is 90.2 cm³/mol. The summed E-state index contributed by atoms with van der Waals surface area (Å²) in [5.74, 6) is 0. The van der Waals surface area contributed by atoms with Gasteiger partial charge in [-0.15, -0.1) is 0 Å². The van der Waals surface area contributed by atoms with E-state index in [1.807, 2.05) is 31.2 Å². The molecule has 118 valence electrons. The molecule has 0 aliphatic carbocycles. The lowest BCUT2D eigenvalue weighted by Gasteiger charge is -2.18. The largest absolute Gasteiger partial charge is 0.392 e. The SMILES string of the molecule is CC(NCC(O)c1cc(Cl)cc(Cl)c1)c1cccc(CO)c1. The zero-order valence-electron chi connectivity index (χ0n) is 12.3. The van der Waals surface area contributed by atoms with E-state index >= 15 is 0 Å². The summed E-state index contributed by atoms with van der Waals surface area (Å²) in [6, 6.07) is 12.8. The van der Waals surface area contributed by atoms with E-state index in [9.17, 15) is 10.2 Å². The molecule has 5 heteroatoms. The topological polar surface area (TPSA) is 52.5 Å². The van der Waals surface area contributed by atoms with Crippen molar-refractivity contribution in [3.05, 3.63) is 69.2 Å². The van der Waals surface area contributed by atoms with Crippen LogP contribution in [0.1, 0.15) is 35.8 Å². The maximum Gasteiger partial charge on any atom is 0.0915 e. The van der Waals surface area contributed by atoms with Gasteiger partial charge in [0.15, 0.2) is 0 Å². The van der Waals surface area contributed by atoms with Crippen molar-refractivity contribution < 1.29 is 10.2 Å². The molecule has 2 aromatic rings. The molecular weight excluding hydrogens is 321 g/mol. The minimum atomic E-state index is -0.695. The number of benzene rings is 2. The Kier molecular flexibility index (Phi) is 6.24. The highest BCUT2D eigenvalue weighted by Crippen LogP contribution is 2.24. The molecule has 0 aliphatic heterocycles. The second-order valence-electron chi connectivity index (χ2n) is 5.25. The van der Waals surface area contributed by atoms with Gasteiger partial charge in [0.1, 0.15) is 0 Å². The van der Waals surface area contributed by atoms with Crippen LogP contribution in [0.3, 0.4) is 0 Å². The fraction of sp³-hybridized carbons (Fsp3) is 0.294. The Morgan fingerprint density at radius 2 is 1.73 bits per heavy atom. The van der Waals surface area contributed by atoms with Crippen LogP contribution in [0.25, 0.3) is 0 Å². The highest BCUT2D eigenvalue weighted by Gasteiger charge is 2.12. The third-order valence-corrected chi connectivity index (χ3v) is 3.96. The van der Waals surface area contributed by atoms with Crippen LogP contribution >= 0.6 is 23.2 Å². The standard InChI is InChI=1S/C17H19Cl2NO2/c1-11(13-4-2-3-12(5-13)10-21)20-9-17(22)14-6-15(18)8-16(19)7-14/h2-8,11,17,20-22H,9-10H2,1H3. The van der Waals surface area contributed by atoms with E-state index in [4.69, 9.17) is 23.2 Å². The van der Waals surface area contributed by atoms with Crippen molar-refractivity contribution in [2.75, 3.05) is 6.54 Å². The molecule has 0 saturated carbocycles. The van der Waals surface area contributed by atoms with Gasteiger partial charge in [-0.1, -0.05) is 47.5 Å². The molecule has 0 aliphatic rings.